The van der Waals surface area contributed by atoms with Crippen LogP contribution in [0.25, 0.3) is 0 Å². The predicted molar refractivity (Wildman–Crippen MR) is 78.4 cm³/mol. The summed E-state index contributed by atoms with van der Waals surface area (Å²) in [6.07, 6.45) is 0. The van der Waals surface area contributed by atoms with Crippen molar-refractivity contribution in [2.45, 2.75) is 6.54 Å². The van der Waals surface area contributed by atoms with Crippen molar-refractivity contribution in [2.75, 3.05) is 13.7 Å². The first-order chi connectivity index (χ1) is 9.20. The van der Waals surface area contributed by atoms with E-state index < -0.39 is 0 Å². The Hall–Kier alpha value is -1.61. The zero-order valence-corrected chi connectivity index (χ0v) is 12.1. The number of rotatable bonds is 3. The van der Waals surface area contributed by atoms with E-state index in [1.54, 1.807) is 23.3 Å². The summed E-state index contributed by atoms with van der Waals surface area (Å²) in [6.45, 7) is 0.432. The monoisotopic (exact) mass is 291 g/mol. The minimum absolute atomic E-state index is 0.0256. The first kappa shape index (κ1) is 13.8. The molecule has 0 aliphatic rings. The number of amides is 1. The number of hydrogen-bond donors (Lipinski definition) is 1. The molecule has 2 aromatic heterocycles. The van der Waals surface area contributed by atoms with Gasteiger partial charge in [-0.25, -0.2) is 0 Å². The zero-order chi connectivity index (χ0) is 13.7. The Labute approximate surface area is 120 Å². The fourth-order valence-corrected chi connectivity index (χ4v) is 3.08. The Bertz CT molecular complexity index is 605. The Balaban J connectivity index is 2.01. The maximum Gasteiger partial charge on any atom is 0.254 e. The van der Waals surface area contributed by atoms with Crippen LogP contribution in [0.3, 0.4) is 0 Å². The molecule has 98 valence electrons. The van der Waals surface area contributed by atoms with E-state index in [-0.39, 0.29) is 12.5 Å². The van der Waals surface area contributed by atoms with Crippen LogP contribution in [0.2, 0.25) is 0 Å². The molecule has 2 rings (SSSR count). The third-order valence-corrected chi connectivity index (χ3v) is 4.08. The van der Waals surface area contributed by atoms with Crippen LogP contribution in [-0.2, 0) is 6.54 Å². The van der Waals surface area contributed by atoms with Gasteiger partial charge < -0.3 is 10.0 Å². The molecule has 0 spiro atoms. The lowest BCUT2D eigenvalue weighted by atomic mass is 10.2. The highest BCUT2D eigenvalue weighted by atomic mass is 32.1. The van der Waals surface area contributed by atoms with E-state index in [0.717, 1.165) is 16.0 Å². The van der Waals surface area contributed by atoms with Crippen LogP contribution in [0.5, 0.6) is 0 Å². The van der Waals surface area contributed by atoms with Crippen molar-refractivity contribution in [3.8, 4) is 11.8 Å². The molecule has 0 unspecified atom stereocenters. The Morgan fingerprint density at radius 1 is 1.47 bits per heavy atom. The van der Waals surface area contributed by atoms with Crippen LogP contribution in [0.4, 0.5) is 0 Å². The minimum Gasteiger partial charge on any atom is -0.384 e. The highest BCUT2D eigenvalue weighted by Crippen LogP contribution is 2.17. The molecule has 0 aliphatic heterocycles. The highest BCUT2D eigenvalue weighted by Gasteiger charge is 2.12. The molecule has 0 aliphatic carbocycles. The van der Waals surface area contributed by atoms with Gasteiger partial charge in [0.15, 0.2) is 0 Å². The van der Waals surface area contributed by atoms with Crippen LogP contribution in [0.15, 0.2) is 28.3 Å². The molecule has 0 saturated carbocycles. The van der Waals surface area contributed by atoms with Crippen LogP contribution in [0, 0.1) is 11.8 Å². The van der Waals surface area contributed by atoms with Crippen molar-refractivity contribution in [1.82, 2.24) is 4.90 Å². The Morgan fingerprint density at radius 3 is 3.00 bits per heavy atom. The van der Waals surface area contributed by atoms with Crippen molar-refractivity contribution in [1.29, 1.82) is 0 Å². The van der Waals surface area contributed by atoms with Crippen molar-refractivity contribution < 1.29 is 9.90 Å². The topological polar surface area (TPSA) is 40.5 Å². The van der Waals surface area contributed by atoms with E-state index in [2.05, 4.69) is 11.8 Å². The Morgan fingerprint density at radius 2 is 2.32 bits per heavy atom. The third kappa shape index (κ3) is 3.67. The largest absolute Gasteiger partial charge is 0.384 e. The summed E-state index contributed by atoms with van der Waals surface area (Å²) in [7, 11) is 1.79. The van der Waals surface area contributed by atoms with E-state index in [1.807, 2.05) is 28.3 Å². The lowest BCUT2D eigenvalue weighted by Gasteiger charge is -2.15. The van der Waals surface area contributed by atoms with E-state index in [0.29, 0.717) is 6.54 Å². The average Bonchev–Trinajstić information content (AvgIpc) is 3.06. The van der Waals surface area contributed by atoms with Gasteiger partial charge in [0, 0.05) is 28.2 Å². The van der Waals surface area contributed by atoms with Gasteiger partial charge in [-0.3, -0.25) is 4.79 Å². The smallest absolute Gasteiger partial charge is 0.254 e. The number of carbonyl (C=O) groups is 1. The SMILES string of the molecule is CN(Cc1cc(C#CCO)cs1)C(=O)c1ccsc1. The predicted octanol–water partition coefficient (Wildman–Crippen LogP) is 2.43. The van der Waals surface area contributed by atoms with E-state index in [9.17, 15) is 4.79 Å². The standard InChI is InChI=1S/C14H13NO2S2/c1-15(14(17)12-4-6-18-10-12)8-13-7-11(9-19-13)3-2-5-16/h4,6-7,9-10,16H,5,8H2,1H3. The summed E-state index contributed by atoms with van der Waals surface area (Å²) in [4.78, 5) is 14.8. The molecule has 0 bridgehead atoms. The molecule has 3 nitrogen and oxygen atoms in total. The number of aliphatic hydroxyl groups excluding tert-OH is 1. The maximum atomic E-state index is 12.1. The summed E-state index contributed by atoms with van der Waals surface area (Å²) < 4.78 is 0. The molecule has 0 radical (unpaired) electrons. The fraction of sp³-hybridized carbons (Fsp3) is 0.214. The summed E-state index contributed by atoms with van der Waals surface area (Å²) in [6, 6.07) is 3.78. The van der Waals surface area contributed by atoms with Gasteiger partial charge in [0.05, 0.1) is 12.1 Å². The molecule has 19 heavy (non-hydrogen) atoms. The van der Waals surface area contributed by atoms with Crippen molar-refractivity contribution in [2.24, 2.45) is 0 Å². The number of aliphatic hydroxyl groups is 1. The molecule has 1 amide bonds. The molecule has 1 N–H and O–H groups in total. The number of thiophene rings is 2. The van der Waals surface area contributed by atoms with Crippen LogP contribution >= 0.6 is 22.7 Å². The van der Waals surface area contributed by atoms with Gasteiger partial charge in [0.2, 0.25) is 0 Å². The molecule has 0 atom stereocenters. The first-order valence-corrected chi connectivity index (χ1v) is 7.47. The molecule has 2 aromatic rings. The molecule has 5 heteroatoms. The normalized spacial score (nSPS) is 9.79. The number of hydrogen-bond acceptors (Lipinski definition) is 4. The van der Waals surface area contributed by atoms with Crippen LogP contribution < -0.4 is 0 Å². The van der Waals surface area contributed by atoms with Gasteiger partial charge in [-0.15, -0.1) is 11.3 Å². The summed E-state index contributed by atoms with van der Waals surface area (Å²) in [5, 5.41) is 14.3. The van der Waals surface area contributed by atoms with Gasteiger partial charge in [0.25, 0.3) is 5.91 Å². The third-order valence-electron chi connectivity index (χ3n) is 2.47. The van der Waals surface area contributed by atoms with E-state index in [4.69, 9.17) is 5.11 Å². The summed E-state index contributed by atoms with van der Waals surface area (Å²) in [5.41, 5.74) is 1.61. The number of carbonyl (C=O) groups excluding carboxylic acids is 1. The second-order valence-electron chi connectivity index (χ2n) is 3.93. The Kier molecular flexibility index (Phi) is 4.74. The molecule has 0 fully saturated rings. The molecular formula is C14H13NO2S2. The molecule has 0 aromatic carbocycles. The first-order valence-electron chi connectivity index (χ1n) is 5.65. The van der Waals surface area contributed by atoms with Crippen LogP contribution in [0.1, 0.15) is 20.8 Å². The van der Waals surface area contributed by atoms with Crippen molar-refractivity contribution >= 4 is 28.6 Å². The molecule has 2 heterocycles. The molecular weight excluding hydrogens is 278 g/mol. The maximum absolute atomic E-state index is 12.1. The lowest BCUT2D eigenvalue weighted by Crippen LogP contribution is -2.25. The zero-order valence-electron chi connectivity index (χ0n) is 10.4. The second-order valence-corrected chi connectivity index (χ2v) is 5.71. The van der Waals surface area contributed by atoms with Gasteiger partial charge in [0.1, 0.15) is 6.61 Å². The van der Waals surface area contributed by atoms with Gasteiger partial charge in [-0.2, -0.15) is 11.3 Å². The van der Waals surface area contributed by atoms with Gasteiger partial charge in [-0.05, 0) is 17.5 Å². The minimum atomic E-state index is -0.137. The fourth-order valence-electron chi connectivity index (χ4n) is 1.58. The second kappa shape index (κ2) is 6.53. The molecule has 0 saturated heterocycles. The van der Waals surface area contributed by atoms with Gasteiger partial charge >= 0.3 is 0 Å². The quantitative estimate of drug-likeness (QED) is 0.882. The highest BCUT2D eigenvalue weighted by molar-refractivity contribution is 7.10. The van der Waals surface area contributed by atoms with E-state index in [1.165, 1.54) is 11.3 Å². The average molecular weight is 291 g/mol. The van der Waals surface area contributed by atoms with E-state index >= 15 is 0 Å². The van der Waals surface area contributed by atoms with Gasteiger partial charge in [-0.1, -0.05) is 11.8 Å². The summed E-state index contributed by atoms with van der Waals surface area (Å²) in [5.74, 6) is 5.49. The number of nitrogens with zero attached hydrogens (tertiary/aromatic N) is 1. The van der Waals surface area contributed by atoms with Crippen molar-refractivity contribution in [3.63, 3.8) is 0 Å². The van der Waals surface area contributed by atoms with Crippen molar-refractivity contribution in [3.05, 3.63) is 44.3 Å². The lowest BCUT2D eigenvalue weighted by molar-refractivity contribution is 0.0787. The van der Waals surface area contributed by atoms with Crippen LogP contribution in [-0.4, -0.2) is 29.6 Å². The summed E-state index contributed by atoms with van der Waals surface area (Å²) >= 11 is 3.09.